The van der Waals surface area contributed by atoms with Gasteiger partial charge in [-0.2, -0.15) is 0 Å². The number of pyridine rings is 1. The van der Waals surface area contributed by atoms with Crippen LogP contribution in [-0.4, -0.2) is 54.7 Å². The maximum atomic E-state index is 13.1. The summed E-state index contributed by atoms with van der Waals surface area (Å²) in [5.74, 6) is 1.41. The predicted molar refractivity (Wildman–Crippen MR) is 93.2 cm³/mol. The molecule has 1 aromatic rings. The molecular formula is C19H27N3O2. The molecule has 0 bridgehead atoms. The lowest BCUT2D eigenvalue weighted by Crippen LogP contribution is -2.40. The molecule has 3 fully saturated rings. The smallest absolute Gasteiger partial charge is 0.272 e. The third-order valence-electron chi connectivity index (χ3n) is 6.00. The van der Waals surface area contributed by atoms with Crippen molar-refractivity contribution in [1.29, 1.82) is 0 Å². The van der Waals surface area contributed by atoms with Crippen molar-refractivity contribution in [2.75, 3.05) is 37.7 Å². The number of ether oxygens (including phenoxy) is 1. The summed E-state index contributed by atoms with van der Waals surface area (Å²) in [5.41, 5.74) is 1.68. The third-order valence-corrected chi connectivity index (χ3v) is 6.00. The maximum Gasteiger partial charge on any atom is 0.272 e. The van der Waals surface area contributed by atoms with Crippen LogP contribution in [0.5, 0.6) is 0 Å². The number of rotatable bonds is 2. The lowest BCUT2D eigenvalue weighted by atomic mass is 9.80. The van der Waals surface area contributed by atoms with Crippen LogP contribution in [0.15, 0.2) is 18.3 Å². The molecule has 0 unspecified atom stereocenters. The highest BCUT2D eigenvalue weighted by Gasteiger charge is 2.43. The highest BCUT2D eigenvalue weighted by molar-refractivity contribution is 5.93. The van der Waals surface area contributed by atoms with Crippen molar-refractivity contribution in [2.45, 2.75) is 38.6 Å². The Labute approximate surface area is 144 Å². The van der Waals surface area contributed by atoms with Crippen LogP contribution in [-0.2, 0) is 4.74 Å². The van der Waals surface area contributed by atoms with Gasteiger partial charge in [-0.25, -0.2) is 0 Å². The Hall–Kier alpha value is -1.62. The number of fused-ring (bicyclic) bond motifs is 1. The van der Waals surface area contributed by atoms with Crippen molar-refractivity contribution in [3.63, 3.8) is 0 Å². The second kappa shape index (κ2) is 6.71. The van der Waals surface area contributed by atoms with Gasteiger partial charge in [-0.15, -0.1) is 0 Å². The van der Waals surface area contributed by atoms with Crippen LogP contribution in [0.4, 0.5) is 5.69 Å². The molecule has 0 radical (unpaired) electrons. The summed E-state index contributed by atoms with van der Waals surface area (Å²) in [6, 6.07) is 4.39. The van der Waals surface area contributed by atoms with E-state index in [9.17, 15) is 4.79 Å². The Kier molecular flexibility index (Phi) is 4.44. The molecule has 4 rings (SSSR count). The fourth-order valence-corrected chi connectivity index (χ4v) is 4.71. The largest absolute Gasteiger partial charge is 0.378 e. The Morgan fingerprint density at radius 1 is 1.25 bits per heavy atom. The van der Waals surface area contributed by atoms with Crippen LogP contribution in [0.25, 0.3) is 0 Å². The number of carbonyl (C=O) groups excluding carboxylic acids is 1. The number of anilines is 1. The topological polar surface area (TPSA) is 45.7 Å². The standard InChI is InChI=1S/C19H27N3O2/c1-14-13-22(18-5-3-2-4-16(14)18)19(23)17-12-15(6-7-20-17)21-8-10-24-11-9-21/h6-7,12,14,16,18H,2-5,8-11,13H2,1H3/t14-,16-,18+/m1/s1. The molecule has 0 aromatic carbocycles. The average Bonchev–Trinajstić information content (AvgIpc) is 2.99. The molecule has 0 spiro atoms. The highest BCUT2D eigenvalue weighted by Crippen LogP contribution is 2.40. The summed E-state index contributed by atoms with van der Waals surface area (Å²) in [6.45, 7) is 6.44. The molecule has 3 atom stereocenters. The Morgan fingerprint density at radius 3 is 2.88 bits per heavy atom. The number of likely N-dealkylation sites (tertiary alicyclic amines) is 1. The molecule has 5 nitrogen and oxygen atoms in total. The van der Waals surface area contributed by atoms with Crippen molar-refractivity contribution >= 4 is 11.6 Å². The number of aromatic nitrogens is 1. The molecule has 130 valence electrons. The van der Waals surface area contributed by atoms with Gasteiger partial charge in [0.1, 0.15) is 5.69 Å². The van der Waals surface area contributed by atoms with Crippen molar-refractivity contribution in [3.8, 4) is 0 Å². The van der Waals surface area contributed by atoms with Gasteiger partial charge >= 0.3 is 0 Å². The minimum Gasteiger partial charge on any atom is -0.378 e. The number of nitrogens with zero attached hydrogens (tertiary/aromatic N) is 3. The van der Waals surface area contributed by atoms with Gasteiger partial charge in [0, 0.05) is 37.6 Å². The molecule has 2 aliphatic heterocycles. The molecule has 3 aliphatic rings. The lowest BCUT2D eigenvalue weighted by Gasteiger charge is -2.32. The van der Waals surface area contributed by atoms with Crippen molar-refractivity contribution in [2.24, 2.45) is 11.8 Å². The van der Waals surface area contributed by atoms with E-state index in [4.69, 9.17) is 4.74 Å². The lowest BCUT2D eigenvalue weighted by molar-refractivity contribution is 0.0684. The summed E-state index contributed by atoms with van der Waals surface area (Å²) in [6.07, 6.45) is 6.77. The van der Waals surface area contributed by atoms with Crippen LogP contribution < -0.4 is 4.90 Å². The van der Waals surface area contributed by atoms with E-state index >= 15 is 0 Å². The number of hydrogen-bond acceptors (Lipinski definition) is 4. The summed E-state index contributed by atoms with van der Waals surface area (Å²) in [7, 11) is 0. The third kappa shape index (κ3) is 2.90. The van der Waals surface area contributed by atoms with Crippen LogP contribution >= 0.6 is 0 Å². The van der Waals surface area contributed by atoms with Gasteiger partial charge in [-0.3, -0.25) is 9.78 Å². The van der Waals surface area contributed by atoms with Gasteiger partial charge in [-0.1, -0.05) is 19.8 Å². The van der Waals surface area contributed by atoms with E-state index in [1.54, 1.807) is 6.20 Å². The first-order valence-corrected chi connectivity index (χ1v) is 9.34. The monoisotopic (exact) mass is 329 g/mol. The zero-order chi connectivity index (χ0) is 16.5. The van der Waals surface area contributed by atoms with Crippen LogP contribution in [0.1, 0.15) is 43.1 Å². The quantitative estimate of drug-likeness (QED) is 0.836. The predicted octanol–water partition coefficient (Wildman–Crippen LogP) is 2.57. The summed E-state index contributed by atoms with van der Waals surface area (Å²) >= 11 is 0. The second-order valence-corrected chi connectivity index (χ2v) is 7.45. The Bertz CT molecular complexity index is 600. The first-order chi connectivity index (χ1) is 11.7. The zero-order valence-electron chi connectivity index (χ0n) is 14.5. The van der Waals surface area contributed by atoms with Gasteiger partial charge in [0.15, 0.2) is 0 Å². The average molecular weight is 329 g/mol. The second-order valence-electron chi connectivity index (χ2n) is 7.45. The number of amides is 1. The molecule has 5 heteroatoms. The Morgan fingerprint density at radius 2 is 2.04 bits per heavy atom. The van der Waals surface area contributed by atoms with E-state index in [0.29, 0.717) is 23.6 Å². The summed E-state index contributed by atoms with van der Waals surface area (Å²) in [5, 5.41) is 0. The molecule has 24 heavy (non-hydrogen) atoms. The molecule has 2 saturated heterocycles. The minimum atomic E-state index is 0.117. The first kappa shape index (κ1) is 15.9. The first-order valence-electron chi connectivity index (χ1n) is 9.34. The minimum absolute atomic E-state index is 0.117. The molecule has 3 heterocycles. The normalized spacial score (nSPS) is 30.3. The molecule has 1 saturated carbocycles. The van der Waals surface area contributed by atoms with E-state index in [1.807, 2.05) is 12.1 Å². The number of hydrogen-bond donors (Lipinski definition) is 0. The van der Waals surface area contributed by atoms with Gasteiger partial charge in [-0.05, 0) is 36.8 Å². The Balaban J connectivity index is 1.54. The molecule has 1 aromatic heterocycles. The summed E-state index contributed by atoms with van der Waals surface area (Å²) < 4.78 is 5.42. The van der Waals surface area contributed by atoms with E-state index < -0.39 is 0 Å². The molecule has 1 aliphatic carbocycles. The van der Waals surface area contributed by atoms with E-state index in [-0.39, 0.29) is 5.91 Å². The van der Waals surface area contributed by atoms with Crippen LogP contribution in [0.3, 0.4) is 0 Å². The van der Waals surface area contributed by atoms with Crippen molar-refractivity contribution < 1.29 is 9.53 Å². The van der Waals surface area contributed by atoms with Crippen LogP contribution in [0, 0.1) is 11.8 Å². The number of carbonyl (C=O) groups is 1. The van der Waals surface area contributed by atoms with Gasteiger partial charge in [0.05, 0.1) is 13.2 Å². The molecule has 1 amide bonds. The van der Waals surface area contributed by atoms with Gasteiger partial charge in [0.25, 0.3) is 5.91 Å². The highest BCUT2D eigenvalue weighted by atomic mass is 16.5. The van der Waals surface area contributed by atoms with E-state index in [2.05, 4.69) is 21.7 Å². The van der Waals surface area contributed by atoms with Gasteiger partial charge < -0.3 is 14.5 Å². The SMILES string of the molecule is C[C@@H]1CN(C(=O)c2cc(N3CCOCC3)ccn2)[C@H]2CCCC[C@H]12. The fourth-order valence-electron chi connectivity index (χ4n) is 4.71. The maximum absolute atomic E-state index is 13.1. The van der Waals surface area contributed by atoms with Gasteiger partial charge in [0.2, 0.25) is 0 Å². The molecule has 0 N–H and O–H groups in total. The van der Waals surface area contributed by atoms with Crippen LogP contribution in [0.2, 0.25) is 0 Å². The molecular weight excluding hydrogens is 302 g/mol. The zero-order valence-corrected chi connectivity index (χ0v) is 14.5. The van der Waals surface area contributed by atoms with Crippen molar-refractivity contribution in [3.05, 3.63) is 24.0 Å². The summed E-state index contributed by atoms with van der Waals surface area (Å²) in [4.78, 5) is 21.9. The van der Waals surface area contributed by atoms with Crippen molar-refractivity contribution in [1.82, 2.24) is 9.88 Å². The van der Waals surface area contributed by atoms with E-state index in [0.717, 1.165) is 45.0 Å². The fraction of sp³-hybridized carbons (Fsp3) is 0.684. The van der Waals surface area contributed by atoms with E-state index in [1.165, 1.54) is 19.3 Å². The number of morpholine rings is 1.